The quantitative estimate of drug-likeness (QED) is 0.701. The van der Waals surface area contributed by atoms with E-state index in [1.807, 2.05) is 39.0 Å². The molecular weight excluding hydrogens is 188 g/mol. The van der Waals surface area contributed by atoms with Gasteiger partial charge in [-0.2, -0.15) is 5.10 Å². The lowest BCUT2D eigenvalue weighted by molar-refractivity contribution is 0.0939. The Kier molecular flexibility index (Phi) is 2.31. The highest BCUT2D eigenvalue weighted by Crippen LogP contribution is 2.11. The van der Waals surface area contributed by atoms with E-state index in [4.69, 9.17) is 0 Å². The summed E-state index contributed by atoms with van der Waals surface area (Å²) >= 11 is 0. The molecule has 0 spiro atoms. The summed E-state index contributed by atoms with van der Waals surface area (Å²) in [6.07, 6.45) is 1.80. The molecule has 2 aromatic rings. The van der Waals surface area contributed by atoms with E-state index in [-0.39, 0.29) is 11.7 Å². The van der Waals surface area contributed by atoms with Crippen molar-refractivity contribution in [1.29, 1.82) is 0 Å². The molecule has 0 N–H and O–H groups in total. The van der Waals surface area contributed by atoms with Gasteiger partial charge in [0.1, 0.15) is 0 Å². The maximum absolute atomic E-state index is 11.8. The lowest BCUT2D eigenvalue weighted by Crippen LogP contribution is -2.08. The predicted molar refractivity (Wildman–Crippen MR) is 59.1 cm³/mol. The summed E-state index contributed by atoms with van der Waals surface area (Å²) < 4.78 is 1.75. The fraction of sp³-hybridized carbons (Fsp3) is 0.333. The normalized spacial score (nSPS) is 11.2. The minimum Gasteiger partial charge on any atom is -0.294 e. The molecule has 0 aliphatic rings. The highest BCUT2D eigenvalue weighted by atomic mass is 16.1. The first-order chi connectivity index (χ1) is 7.08. The number of aryl methyl sites for hydroxylation is 1. The van der Waals surface area contributed by atoms with Crippen LogP contribution in [0.4, 0.5) is 0 Å². The molecular formula is C12H14N2O. The molecule has 0 fully saturated rings. The number of rotatable bonds is 2. The van der Waals surface area contributed by atoms with E-state index < -0.39 is 0 Å². The zero-order valence-electron chi connectivity index (χ0n) is 9.19. The summed E-state index contributed by atoms with van der Waals surface area (Å²) in [6.45, 7) is 5.75. The lowest BCUT2D eigenvalue weighted by atomic mass is 10.0. The smallest absolute Gasteiger partial charge is 0.166 e. The fourth-order valence-electron chi connectivity index (χ4n) is 1.59. The Bertz CT molecular complexity index is 511. The van der Waals surface area contributed by atoms with Gasteiger partial charge in [0.15, 0.2) is 5.78 Å². The van der Waals surface area contributed by atoms with Crippen LogP contribution in [0.2, 0.25) is 0 Å². The summed E-state index contributed by atoms with van der Waals surface area (Å²) in [7, 11) is 0. The van der Waals surface area contributed by atoms with Gasteiger partial charge in [0.05, 0.1) is 11.2 Å². The molecule has 0 radical (unpaired) electrons. The van der Waals surface area contributed by atoms with Gasteiger partial charge in [-0.05, 0) is 25.1 Å². The van der Waals surface area contributed by atoms with Gasteiger partial charge in [0.2, 0.25) is 0 Å². The van der Waals surface area contributed by atoms with E-state index in [1.165, 1.54) is 0 Å². The average Bonchev–Trinajstić information content (AvgIpc) is 2.55. The van der Waals surface area contributed by atoms with Gasteiger partial charge in [-0.15, -0.1) is 0 Å². The van der Waals surface area contributed by atoms with Crippen LogP contribution in [0.3, 0.4) is 0 Å². The number of carbonyl (C=O) groups is 1. The van der Waals surface area contributed by atoms with Crippen molar-refractivity contribution in [3.05, 3.63) is 35.7 Å². The Morgan fingerprint density at radius 3 is 2.80 bits per heavy atom. The first kappa shape index (κ1) is 9.90. The van der Waals surface area contributed by atoms with E-state index in [2.05, 4.69) is 5.10 Å². The lowest BCUT2D eigenvalue weighted by Gasteiger charge is -2.03. The van der Waals surface area contributed by atoms with Gasteiger partial charge >= 0.3 is 0 Å². The highest BCUT2D eigenvalue weighted by Gasteiger charge is 2.11. The molecule has 2 rings (SSSR count). The van der Waals surface area contributed by atoms with Crippen LogP contribution in [-0.4, -0.2) is 15.4 Å². The van der Waals surface area contributed by atoms with Crippen LogP contribution in [0.5, 0.6) is 0 Å². The fourth-order valence-corrected chi connectivity index (χ4v) is 1.59. The van der Waals surface area contributed by atoms with Gasteiger partial charge in [-0.1, -0.05) is 13.8 Å². The molecule has 0 unspecified atom stereocenters. The maximum Gasteiger partial charge on any atom is 0.166 e. The van der Waals surface area contributed by atoms with Gasteiger partial charge < -0.3 is 0 Å². The number of hydrogen-bond acceptors (Lipinski definition) is 2. The van der Waals surface area contributed by atoms with Crippen LogP contribution < -0.4 is 0 Å². The van der Waals surface area contributed by atoms with Crippen molar-refractivity contribution in [2.75, 3.05) is 0 Å². The largest absolute Gasteiger partial charge is 0.294 e. The number of hydrogen-bond donors (Lipinski definition) is 0. The predicted octanol–water partition coefficient (Wildman–Crippen LogP) is 2.48. The summed E-state index contributed by atoms with van der Waals surface area (Å²) in [5.41, 5.74) is 2.71. The van der Waals surface area contributed by atoms with Crippen LogP contribution in [0.25, 0.3) is 5.52 Å². The maximum atomic E-state index is 11.8. The van der Waals surface area contributed by atoms with Crippen LogP contribution >= 0.6 is 0 Å². The number of Topliss-reactive ketones (excluding diaryl/α,β-unsaturated/α-hetero) is 1. The van der Waals surface area contributed by atoms with Gasteiger partial charge in [0.25, 0.3) is 0 Å². The molecule has 0 atom stereocenters. The van der Waals surface area contributed by atoms with Crippen molar-refractivity contribution in [2.24, 2.45) is 5.92 Å². The molecule has 2 heterocycles. The number of pyridine rings is 1. The number of fused-ring (bicyclic) bond motifs is 1. The molecule has 0 aliphatic carbocycles. The molecule has 3 nitrogen and oxygen atoms in total. The topological polar surface area (TPSA) is 34.4 Å². The molecule has 2 aromatic heterocycles. The van der Waals surface area contributed by atoms with Crippen molar-refractivity contribution < 1.29 is 4.79 Å². The number of nitrogens with zero attached hydrogens (tertiary/aromatic N) is 2. The monoisotopic (exact) mass is 202 g/mol. The second-order valence-corrected chi connectivity index (χ2v) is 4.09. The van der Waals surface area contributed by atoms with E-state index in [1.54, 1.807) is 10.7 Å². The molecule has 0 amide bonds. The molecule has 3 heteroatoms. The minimum atomic E-state index is 0.0270. The summed E-state index contributed by atoms with van der Waals surface area (Å²) in [5.74, 6) is 0.184. The molecule has 15 heavy (non-hydrogen) atoms. The minimum absolute atomic E-state index is 0.0270. The molecule has 0 bridgehead atoms. The van der Waals surface area contributed by atoms with Gasteiger partial charge in [-0.25, -0.2) is 4.52 Å². The van der Waals surface area contributed by atoms with Crippen LogP contribution in [-0.2, 0) is 0 Å². The Morgan fingerprint density at radius 2 is 2.13 bits per heavy atom. The van der Waals surface area contributed by atoms with Crippen molar-refractivity contribution in [3.8, 4) is 0 Å². The van der Waals surface area contributed by atoms with E-state index in [9.17, 15) is 4.79 Å². The summed E-state index contributed by atoms with van der Waals surface area (Å²) in [5, 5.41) is 4.28. The molecule has 0 aliphatic heterocycles. The Hall–Kier alpha value is -1.64. The SMILES string of the molecule is Cc1cc2ccc(C(=O)C(C)C)cn2n1. The third kappa shape index (κ3) is 1.77. The summed E-state index contributed by atoms with van der Waals surface area (Å²) in [6, 6.07) is 5.78. The second kappa shape index (κ2) is 3.50. The standard InChI is InChI=1S/C12H14N2O/c1-8(2)12(15)10-4-5-11-6-9(3)13-14(11)7-10/h4-8H,1-3H3. The first-order valence-electron chi connectivity index (χ1n) is 5.08. The molecule has 0 saturated carbocycles. The van der Waals surface area contributed by atoms with Gasteiger partial charge in [0, 0.05) is 17.7 Å². The molecule has 0 saturated heterocycles. The van der Waals surface area contributed by atoms with E-state index in [0.717, 1.165) is 16.8 Å². The van der Waals surface area contributed by atoms with Crippen molar-refractivity contribution >= 4 is 11.3 Å². The van der Waals surface area contributed by atoms with Crippen LogP contribution in [0.15, 0.2) is 24.4 Å². The molecule has 78 valence electrons. The number of ketones is 1. The van der Waals surface area contributed by atoms with Gasteiger partial charge in [-0.3, -0.25) is 4.79 Å². The Labute approximate surface area is 88.7 Å². The zero-order valence-corrected chi connectivity index (χ0v) is 9.19. The molecule has 0 aromatic carbocycles. The van der Waals surface area contributed by atoms with Crippen molar-refractivity contribution in [1.82, 2.24) is 9.61 Å². The van der Waals surface area contributed by atoms with E-state index in [0.29, 0.717) is 0 Å². The summed E-state index contributed by atoms with van der Waals surface area (Å²) in [4.78, 5) is 11.8. The van der Waals surface area contributed by atoms with Crippen molar-refractivity contribution in [2.45, 2.75) is 20.8 Å². The van der Waals surface area contributed by atoms with Crippen LogP contribution in [0, 0.1) is 12.8 Å². The first-order valence-corrected chi connectivity index (χ1v) is 5.08. The van der Waals surface area contributed by atoms with E-state index >= 15 is 0 Å². The number of carbonyl (C=O) groups excluding carboxylic acids is 1. The second-order valence-electron chi connectivity index (χ2n) is 4.09. The Balaban J connectivity index is 2.51. The van der Waals surface area contributed by atoms with Crippen LogP contribution in [0.1, 0.15) is 29.9 Å². The number of aromatic nitrogens is 2. The average molecular weight is 202 g/mol. The van der Waals surface area contributed by atoms with Crippen molar-refractivity contribution in [3.63, 3.8) is 0 Å². The third-order valence-electron chi connectivity index (χ3n) is 2.39. The zero-order chi connectivity index (χ0) is 11.0. The highest BCUT2D eigenvalue weighted by molar-refractivity contribution is 5.97. The third-order valence-corrected chi connectivity index (χ3v) is 2.39. The Morgan fingerprint density at radius 1 is 1.40 bits per heavy atom.